The molecule has 1 saturated heterocycles. The minimum Gasteiger partial charge on any atom is -0.480 e. The fourth-order valence-electron chi connectivity index (χ4n) is 2.54. The monoisotopic (exact) mass is 391 g/mol. The van der Waals surface area contributed by atoms with Crippen LogP contribution < -0.4 is 0 Å². The number of hydroxylamine groups is 2. The lowest BCUT2D eigenvalue weighted by Gasteiger charge is -2.20. The Morgan fingerprint density at radius 2 is 2.05 bits per heavy atom. The lowest BCUT2D eigenvalue weighted by atomic mass is 9.94. The van der Waals surface area contributed by atoms with Crippen molar-refractivity contribution in [2.45, 2.75) is 38.6 Å². The van der Waals surface area contributed by atoms with Crippen LogP contribution in [0.2, 0.25) is 0 Å². The summed E-state index contributed by atoms with van der Waals surface area (Å²) in [6, 6.07) is 7.09. The fourth-order valence-corrected chi connectivity index (χ4v) is 2.90. The van der Waals surface area contributed by atoms with Crippen molar-refractivity contribution < 1.29 is 19.8 Å². The third kappa shape index (κ3) is 3.30. The van der Waals surface area contributed by atoms with Crippen molar-refractivity contribution in [2.24, 2.45) is 5.92 Å². The quantitative estimate of drug-likeness (QED) is 0.768. The Morgan fingerprint density at radius 1 is 1.45 bits per heavy atom. The maximum atomic E-state index is 11.4. The summed E-state index contributed by atoms with van der Waals surface area (Å²) in [6.45, 7) is 3.81. The summed E-state index contributed by atoms with van der Waals surface area (Å²) in [7, 11) is 0. The number of carboxylic acids is 1. The van der Waals surface area contributed by atoms with Gasteiger partial charge < -0.3 is 10.2 Å². The van der Waals surface area contributed by atoms with Gasteiger partial charge in [-0.3, -0.25) is 9.63 Å². The number of carbonyl (C=O) groups is 1. The lowest BCUT2D eigenvalue weighted by Crippen LogP contribution is -2.38. The lowest BCUT2D eigenvalue weighted by molar-refractivity contribution is -0.196. The van der Waals surface area contributed by atoms with E-state index in [1.165, 1.54) is 5.06 Å². The average molecular weight is 391 g/mol. The molecule has 1 aliphatic rings. The van der Waals surface area contributed by atoms with E-state index in [9.17, 15) is 15.0 Å². The molecule has 1 fully saturated rings. The van der Waals surface area contributed by atoms with Crippen molar-refractivity contribution in [3.63, 3.8) is 0 Å². The largest absolute Gasteiger partial charge is 0.480 e. The van der Waals surface area contributed by atoms with Crippen LogP contribution in [0.4, 0.5) is 0 Å². The second-order valence-electron chi connectivity index (χ2n) is 5.15. The van der Waals surface area contributed by atoms with Gasteiger partial charge >= 0.3 is 5.97 Å². The van der Waals surface area contributed by atoms with Gasteiger partial charge in [-0.05, 0) is 47.2 Å². The highest BCUT2D eigenvalue weighted by Crippen LogP contribution is 2.31. The van der Waals surface area contributed by atoms with Gasteiger partial charge in [-0.25, -0.2) is 0 Å². The summed E-state index contributed by atoms with van der Waals surface area (Å²) in [4.78, 5) is 17.1. The van der Waals surface area contributed by atoms with E-state index in [1.807, 2.05) is 24.3 Å². The summed E-state index contributed by atoms with van der Waals surface area (Å²) < 4.78 is 1.12. The molecular formula is C14H18INO4. The van der Waals surface area contributed by atoms with Crippen LogP contribution >= 0.6 is 22.6 Å². The molecule has 0 saturated carbocycles. The number of benzene rings is 1. The first-order valence-corrected chi connectivity index (χ1v) is 7.56. The number of halogens is 1. The van der Waals surface area contributed by atoms with Crippen LogP contribution in [0, 0.1) is 9.49 Å². The van der Waals surface area contributed by atoms with Crippen molar-refractivity contribution >= 4 is 28.6 Å². The van der Waals surface area contributed by atoms with Crippen LogP contribution in [-0.2, 0) is 16.2 Å². The molecule has 1 unspecified atom stereocenters. The second kappa shape index (κ2) is 6.38. The second-order valence-corrected chi connectivity index (χ2v) is 6.40. The predicted octanol–water partition coefficient (Wildman–Crippen LogP) is 1.88. The number of rotatable bonds is 4. The Kier molecular flexibility index (Phi) is 5.00. The Morgan fingerprint density at radius 3 is 2.55 bits per heavy atom. The van der Waals surface area contributed by atoms with Gasteiger partial charge in [0.25, 0.3) is 0 Å². The molecule has 110 valence electrons. The van der Waals surface area contributed by atoms with E-state index in [2.05, 4.69) is 22.6 Å². The Labute approximate surface area is 131 Å². The summed E-state index contributed by atoms with van der Waals surface area (Å²) in [6.07, 6.45) is -1.19. The van der Waals surface area contributed by atoms with Gasteiger partial charge in [0.05, 0.1) is 12.6 Å². The molecule has 0 aliphatic carbocycles. The molecule has 1 aromatic carbocycles. The van der Waals surface area contributed by atoms with Gasteiger partial charge in [0.2, 0.25) is 0 Å². The highest BCUT2D eigenvalue weighted by Gasteiger charge is 2.46. The Hall–Kier alpha value is -0.700. The topological polar surface area (TPSA) is 70.0 Å². The minimum atomic E-state index is -0.925. The standard InChI is InChI=1S/C14H18INO4/c1-8-12(14(18)19)16(20-13(8)9(2)17)7-10-3-5-11(15)6-4-10/h3-6,8-9,12-13,17H,7H2,1-2H3,(H,18,19)/t8-,9-,12?,13+/m0/s1. The van der Waals surface area contributed by atoms with E-state index in [1.54, 1.807) is 13.8 Å². The molecule has 20 heavy (non-hydrogen) atoms. The normalized spacial score (nSPS) is 28.5. The molecule has 2 rings (SSSR count). The van der Waals surface area contributed by atoms with Crippen molar-refractivity contribution in [3.8, 4) is 0 Å². The van der Waals surface area contributed by atoms with E-state index < -0.39 is 24.2 Å². The molecule has 4 atom stereocenters. The molecule has 0 spiro atoms. The zero-order valence-corrected chi connectivity index (χ0v) is 13.5. The number of aliphatic hydroxyl groups is 1. The molecule has 0 radical (unpaired) electrons. The van der Waals surface area contributed by atoms with Crippen molar-refractivity contribution in [1.82, 2.24) is 5.06 Å². The molecule has 6 heteroatoms. The van der Waals surface area contributed by atoms with Crippen LogP contribution in [0.3, 0.4) is 0 Å². The van der Waals surface area contributed by atoms with Gasteiger partial charge in [0, 0.05) is 9.49 Å². The molecule has 0 aromatic heterocycles. The number of hydrogen-bond donors (Lipinski definition) is 2. The first-order chi connectivity index (χ1) is 9.40. The zero-order valence-electron chi connectivity index (χ0n) is 11.4. The highest BCUT2D eigenvalue weighted by atomic mass is 127. The highest BCUT2D eigenvalue weighted by molar-refractivity contribution is 14.1. The summed E-state index contributed by atoms with van der Waals surface area (Å²) >= 11 is 2.22. The molecule has 0 bridgehead atoms. The van der Waals surface area contributed by atoms with Crippen molar-refractivity contribution in [1.29, 1.82) is 0 Å². The maximum absolute atomic E-state index is 11.4. The number of hydrogen-bond acceptors (Lipinski definition) is 4. The Bertz CT molecular complexity index is 477. The number of nitrogens with zero attached hydrogens (tertiary/aromatic N) is 1. The molecule has 1 heterocycles. The van der Waals surface area contributed by atoms with E-state index in [0.29, 0.717) is 6.54 Å². The molecule has 0 amide bonds. The summed E-state index contributed by atoms with van der Waals surface area (Å²) in [5.41, 5.74) is 0.982. The maximum Gasteiger partial charge on any atom is 0.323 e. The van der Waals surface area contributed by atoms with Crippen LogP contribution in [0.5, 0.6) is 0 Å². The molecule has 5 nitrogen and oxygen atoms in total. The SMILES string of the molecule is C[C@H](O)[C@@H]1ON(Cc2ccc(I)cc2)C(C(=O)O)[C@@H]1C. The first kappa shape index (κ1) is 15.7. The van der Waals surface area contributed by atoms with Gasteiger partial charge in [-0.15, -0.1) is 0 Å². The molecule has 2 N–H and O–H groups in total. The Balaban J connectivity index is 2.16. The van der Waals surface area contributed by atoms with Crippen LogP contribution in [0.15, 0.2) is 24.3 Å². The molecule has 1 aromatic rings. The summed E-state index contributed by atoms with van der Waals surface area (Å²) in [5.74, 6) is -1.19. The van der Waals surface area contributed by atoms with E-state index in [-0.39, 0.29) is 5.92 Å². The number of aliphatic hydroxyl groups excluding tert-OH is 1. The molecule has 1 aliphatic heterocycles. The van der Waals surface area contributed by atoms with Crippen LogP contribution in [0.1, 0.15) is 19.4 Å². The van der Waals surface area contributed by atoms with Gasteiger partial charge in [-0.2, -0.15) is 5.06 Å². The number of aliphatic carboxylic acids is 1. The molecular weight excluding hydrogens is 373 g/mol. The minimum absolute atomic E-state index is 0.267. The third-order valence-corrected chi connectivity index (χ3v) is 4.28. The van der Waals surface area contributed by atoms with E-state index in [0.717, 1.165) is 9.13 Å². The van der Waals surface area contributed by atoms with Gasteiger partial charge in [-0.1, -0.05) is 19.1 Å². The smallest absolute Gasteiger partial charge is 0.323 e. The van der Waals surface area contributed by atoms with Gasteiger partial charge in [0.15, 0.2) is 0 Å². The van der Waals surface area contributed by atoms with Gasteiger partial charge in [0.1, 0.15) is 12.1 Å². The average Bonchev–Trinajstić information content (AvgIpc) is 2.69. The zero-order chi connectivity index (χ0) is 14.9. The van der Waals surface area contributed by atoms with Crippen molar-refractivity contribution in [2.75, 3.05) is 0 Å². The van der Waals surface area contributed by atoms with E-state index in [4.69, 9.17) is 4.84 Å². The summed E-state index contributed by atoms with van der Waals surface area (Å²) in [5, 5.41) is 20.5. The predicted molar refractivity (Wildman–Crippen MR) is 81.8 cm³/mol. The first-order valence-electron chi connectivity index (χ1n) is 6.49. The fraction of sp³-hybridized carbons (Fsp3) is 0.500. The van der Waals surface area contributed by atoms with Crippen molar-refractivity contribution in [3.05, 3.63) is 33.4 Å². The van der Waals surface area contributed by atoms with E-state index >= 15 is 0 Å². The van der Waals surface area contributed by atoms with Crippen LogP contribution in [-0.4, -0.2) is 39.5 Å². The van der Waals surface area contributed by atoms with Crippen LogP contribution in [0.25, 0.3) is 0 Å². The number of carboxylic acid groups (broad SMARTS) is 1. The third-order valence-electron chi connectivity index (χ3n) is 3.56.